The van der Waals surface area contributed by atoms with Crippen molar-refractivity contribution in [2.24, 2.45) is 5.92 Å². The predicted octanol–water partition coefficient (Wildman–Crippen LogP) is 1.10. The first-order valence-corrected chi connectivity index (χ1v) is 5.48. The molecule has 2 N–H and O–H groups in total. The first-order valence-electron chi connectivity index (χ1n) is 5.48. The number of nitrogens with zero attached hydrogens (tertiary/aromatic N) is 2. The number of fused-ring (bicyclic) bond motifs is 1. The van der Waals surface area contributed by atoms with E-state index in [9.17, 15) is 4.79 Å². The number of aliphatic carboxylic acids is 1. The van der Waals surface area contributed by atoms with Crippen LogP contribution in [-0.4, -0.2) is 27.6 Å². The van der Waals surface area contributed by atoms with Crippen molar-refractivity contribution in [3.63, 3.8) is 0 Å². The van der Waals surface area contributed by atoms with Gasteiger partial charge < -0.3 is 10.4 Å². The number of aryl methyl sites for hydroxylation is 1. The highest BCUT2D eigenvalue weighted by atomic mass is 16.4. The van der Waals surface area contributed by atoms with Crippen LogP contribution in [0.25, 0.3) is 0 Å². The molecule has 86 valence electrons. The first-order chi connectivity index (χ1) is 7.68. The average molecular weight is 221 g/mol. The van der Waals surface area contributed by atoms with Gasteiger partial charge in [-0.2, -0.15) is 0 Å². The van der Waals surface area contributed by atoms with Crippen LogP contribution >= 0.6 is 0 Å². The summed E-state index contributed by atoms with van der Waals surface area (Å²) in [5, 5.41) is 11.9. The van der Waals surface area contributed by atoms with Gasteiger partial charge in [-0.05, 0) is 19.3 Å². The van der Waals surface area contributed by atoms with Gasteiger partial charge in [0, 0.05) is 17.8 Å². The van der Waals surface area contributed by atoms with Crippen molar-refractivity contribution in [3.05, 3.63) is 17.6 Å². The van der Waals surface area contributed by atoms with Gasteiger partial charge in [0.1, 0.15) is 12.1 Å². The summed E-state index contributed by atoms with van der Waals surface area (Å²) < 4.78 is 0. The Balaban J connectivity index is 2.05. The minimum absolute atomic E-state index is 0.402. The maximum atomic E-state index is 10.7. The number of carboxylic acid groups (broad SMARTS) is 1. The molecule has 1 heterocycles. The lowest BCUT2D eigenvalue weighted by molar-refractivity contribution is -0.140. The summed E-state index contributed by atoms with van der Waals surface area (Å²) in [6, 6.07) is 0. The van der Waals surface area contributed by atoms with Crippen LogP contribution < -0.4 is 5.32 Å². The van der Waals surface area contributed by atoms with Crippen molar-refractivity contribution in [1.29, 1.82) is 0 Å². The number of hydrogen-bond donors (Lipinski definition) is 2. The van der Waals surface area contributed by atoms with Crippen molar-refractivity contribution < 1.29 is 9.90 Å². The average Bonchev–Trinajstić information content (AvgIpc) is 2.73. The Morgan fingerprint density at radius 2 is 2.38 bits per heavy atom. The van der Waals surface area contributed by atoms with Crippen LogP contribution in [0.4, 0.5) is 5.82 Å². The van der Waals surface area contributed by atoms with E-state index < -0.39 is 11.9 Å². The highest BCUT2D eigenvalue weighted by Crippen LogP contribution is 2.24. The topological polar surface area (TPSA) is 75.1 Å². The molecule has 1 aromatic heterocycles. The van der Waals surface area contributed by atoms with Gasteiger partial charge in [-0.25, -0.2) is 9.97 Å². The molecule has 1 aliphatic rings. The second-order valence-corrected chi connectivity index (χ2v) is 4.12. The summed E-state index contributed by atoms with van der Waals surface area (Å²) in [6.07, 6.45) is 4.64. The lowest BCUT2D eigenvalue weighted by Gasteiger charge is -2.11. The van der Waals surface area contributed by atoms with Crippen LogP contribution in [-0.2, 0) is 17.6 Å². The Kier molecular flexibility index (Phi) is 3.03. The molecule has 0 aromatic carbocycles. The standard InChI is InChI=1S/C11H15N3O2/c1-7(11(15)16)5-12-10-8-3-2-4-9(8)13-6-14-10/h6-7H,2-5H2,1H3,(H,15,16)(H,12,13,14). The van der Waals surface area contributed by atoms with Crippen LogP contribution in [0.3, 0.4) is 0 Å². The minimum Gasteiger partial charge on any atom is -0.481 e. The number of carbonyl (C=O) groups is 1. The fourth-order valence-corrected chi connectivity index (χ4v) is 1.85. The first kappa shape index (κ1) is 10.9. The second kappa shape index (κ2) is 4.47. The van der Waals surface area contributed by atoms with Crippen LogP contribution in [0, 0.1) is 5.92 Å². The minimum atomic E-state index is -0.793. The summed E-state index contributed by atoms with van der Waals surface area (Å²) in [5.74, 6) is -0.402. The number of hydrogen-bond acceptors (Lipinski definition) is 4. The van der Waals surface area contributed by atoms with E-state index in [0.29, 0.717) is 6.54 Å². The Hall–Kier alpha value is -1.65. The normalized spacial score (nSPS) is 15.6. The Morgan fingerprint density at radius 1 is 1.56 bits per heavy atom. The zero-order chi connectivity index (χ0) is 11.5. The molecule has 5 heteroatoms. The van der Waals surface area contributed by atoms with Gasteiger partial charge in [0.25, 0.3) is 0 Å². The van der Waals surface area contributed by atoms with Gasteiger partial charge in [-0.1, -0.05) is 6.92 Å². The summed E-state index contributed by atoms with van der Waals surface area (Å²) >= 11 is 0. The monoisotopic (exact) mass is 221 g/mol. The summed E-state index contributed by atoms with van der Waals surface area (Å²) in [7, 11) is 0. The van der Waals surface area contributed by atoms with Gasteiger partial charge >= 0.3 is 5.97 Å². The SMILES string of the molecule is CC(CNc1ncnc2c1CCC2)C(=O)O. The Labute approximate surface area is 93.9 Å². The van der Waals surface area contributed by atoms with E-state index >= 15 is 0 Å². The molecule has 0 saturated carbocycles. The Bertz CT molecular complexity index is 406. The van der Waals surface area contributed by atoms with Crippen LogP contribution in [0.5, 0.6) is 0 Å². The number of anilines is 1. The molecule has 0 bridgehead atoms. The third kappa shape index (κ3) is 2.13. The van der Waals surface area contributed by atoms with E-state index in [1.807, 2.05) is 0 Å². The maximum absolute atomic E-state index is 10.7. The molecule has 1 atom stereocenters. The fourth-order valence-electron chi connectivity index (χ4n) is 1.85. The molecule has 5 nitrogen and oxygen atoms in total. The molecule has 0 amide bonds. The molecule has 0 aliphatic heterocycles. The largest absolute Gasteiger partial charge is 0.481 e. The van der Waals surface area contributed by atoms with Crippen molar-refractivity contribution in [2.75, 3.05) is 11.9 Å². The fraction of sp³-hybridized carbons (Fsp3) is 0.545. The van der Waals surface area contributed by atoms with E-state index in [1.165, 1.54) is 6.33 Å². The van der Waals surface area contributed by atoms with Gasteiger partial charge in [0.05, 0.1) is 5.92 Å². The van der Waals surface area contributed by atoms with E-state index in [4.69, 9.17) is 5.11 Å². The van der Waals surface area contributed by atoms with Crippen LogP contribution in [0.1, 0.15) is 24.6 Å². The van der Waals surface area contributed by atoms with E-state index in [0.717, 1.165) is 36.3 Å². The zero-order valence-corrected chi connectivity index (χ0v) is 9.23. The Morgan fingerprint density at radius 3 is 3.12 bits per heavy atom. The molecular weight excluding hydrogens is 206 g/mol. The van der Waals surface area contributed by atoms with E-state index in [-0.39, 0.29) is 0 Å². The highest BCUT2D eigenvalue weighted by Gasteiger charge is 2.18. The van der Waals surface area contributed by atoms with Crippen LogP contribution in [0.2, 0.25) is 0 Å². The smallest absolute Gasteiger partial charge is 0.308 e. The van der Waals surface area contributed by atoms with E-state index in [2.05, 4.69) is 15.3 Å². The van der Waals surface area contributed by atoms with Gasteiger partial charge in [0.2, 0.25) is 0 Å². The van der Waals surface area contributed by atoms with Crippen molar-refractivity contribution in [1.82, 2.24) is 9.97 Å². The van der Waals surface area contributed by atoms with E-state index in [1.54, 1.807) is 6.92 Å². The molecule has 2 rings (SSSR count). The summed E-state index contributed by atoms with van der Waals surface area (Å²) in [4.78, 5) is 19.1. The molecular formula is C11H15N3O2. The van der Waals surface area contributed by atoms with Gasteiger partial charge in [0.15, 0.2) is 0 Å². The highest BCUT2D eigenvalue weighted by molar-refractivity contribution is 5.70. The molecule has 0 radical (unpaired) electrons. The number of carboxylic acids is 1. The van der Waals surface area contributed by atoms with Gasteiger partial charge in [-0.3, -0.25) is 4.79 Å². The maximum Gasteiger partial charge on any atom is 0.308 e. The number of aromatic nitrogens is 2. The van der Waals surface area contributed by atoms with Crippen molar-refractivity contribution in [3.8, 4) is 0 Å². The molecule has 0 spiro atoms. The number of nitrogens with one attached hydrogen (secondary N) is 1. The third-order valence-electron chi connectivity index (χ3n) is 2.87. The molecule has 0 fully saturated rings. The molecule has 0 saturated heterocycles. The quantitative estimate of drug-likeness (QED) is 0.796. The summed E-state index contributed by atoms with van der Waals surface area (Å²) in [6.45, 7) is 2.08. The molecule has 1 unspecified atom stereocenters. The third-order valence-corrected chi connectivity index (χ3v) is 2.87. The molecule has 1 aromatic rings. The second-order valence-electron chi connectivity index (χ2n) is 4.12. The summed E-state index contributed by atoms with van der Waals surface area (Å²) in [5.41, 5.74) is 2.25. The lowest BCUT2D eigenvalue weighted by atomic mass is 10.2. The predicted molar refractivity (Wildman–Crippen MR) is 59.3 cm³/mol. The van der Waals surface area contributed by atoms with Gasteiger partial charge in [-0.15, -0.1) is 0 Å². The zero-order valence-electron chi connectivity index (χ0n) is 9.23. The van der Waals surface area contributed by atoms with Crippen molar-refractivity contribution in [2.45, 2.75) is 26.2 Å². The molecule has 16 heavy (non-hydrogen) atoms. The lowest BCUT2D eigenvalue weighted by Crippen LogP contribution is -2.20. The molecule has 1 aliphatic carbocycles. The van der Waals surface area contributed by atoms with Crippen molar-refractivity contribution >= 4 is 11.8 Å². The number of rotatable bonds is 4. The van der Waals surface area contributed by atoms with Crippen LogP contribution in [0.15, 0.2) is 6.33 Å².